The van der Waals surface area contributed by atoms with Crippen molar-refractivity contribution in [2.45, 2.75) is 60.1 Å². The number of aliphatic hydroxyl groups excluding tert-OH is 1. The van der Waals surface area contributed by atoms with Crippen LogP contribution in [0.15, 0.2) is 36.3 Å². The van der Waals surface area contributed by atoms with Gasteiger partial charge in [-0.3, -0.25) is 4.79 Å². The molecule has 0 saturated carbocycles. The number of nitrogens with one attached hydrogen (secondary N) is 2. The summed E-state index contributed by atoms with van der Waals surface area (Å²) in [5.41, 5.74) is 5.28. The molecule has 0 rings (SSSR count). The Morgan fingerprint density at radius 2 is 1.62 bits per heavy atom. The van der Waals surface area contributed by atoms with E-state index in [1.807, 2.05) is 33.8 Å². The standard InChI is InChI=1S/C15H27N3O3S.C3H6.C2H6.CH4O/c1-6-7-11(2)22-10-13(19)17-8-12(16)9-18-14(20)21-15(3,4)5;1-3-2;2*1-2/h6-7,12H,1,8-10,16H2,2-5H3,(H,17,19)(H,18,20);3H,1H2,2H3;1-2H3;2H,1H3/b11-7+;;;. The highest BCUT2D eigenvalue weighted by Gasteiger charge is 2.16. The van der Waals surface area contributed by atoms with Crippen LogP contribution in [0.25, 0.3) is 0 Å². The second-order valence-electron chi connectivity index (χ2n) is 6.16. The summed E-state index contributed by atoms with van der Waals surface area (Å²) >= 11 is 1.43. The minimum atomic E-state index is -0.545. The lowest BCUT2D eigenvalue weighted by atomic mass is 10.2. The molecule has 0 aliphatic heterocycles. The van der Waals surface area contributed by atoms with E-state index in [4.69, 9.17) is 15.6 Å². The Labute approximate surface area is 182 Å². The SMILES string of the molecule is C=C/C=C(\C)SCC(=O)NCC(N)CNC(=O)OC(C)(C)C.C=CC.CC.CO. The van der Waals surface area contributed by atoms with Crippen molar-refractivity contribution < 1.29 is 19.4 Å². The average Bonchev–Trinajstić information content (AvgIpc) is 2.66. The fourth-order valence-electron chi connectivity index (χ4n) is 1.29. The molecule has 0 aliphatic rings. The molecule has 0 fully saturated rings. The van der Waals surface area contributed by atoms with E-state index in [2.05, 4.69) is 23.8 Å². The summed E-state index contributed by atoms with van der Waals surface area (Å²) in [6.45, 7) is 20.6. The van der Waals surface area contributed by atoms with Gasteiger partial charge in [-0.15, -0.1) is 18.3 Å². The Bertz CT molecular complexity index is 461. The Hall–Kier alpha value is -1.77. The first kappa shape index (κ1) is 34.7. The Balaban J connectivity index is -0.000000394. The third-order valence-electron chi connectivity index (χ3n) is 2.25. The second-order valence-corrected chi connectivity index (χ2v) is 7.38. The monoisotopic (exact) mass is 433 g/mol. The molecule has 29 heavy (non-hydrogen) atoms. The smallest absolute Gasteiger partial charge is 0.407 e. The molecule has 5 N–H and O–H groups in total. The van der Waals surface area contributed by atoms with Gasteiger partial charge in [0.05, 0.1) is 5.75 Å². The number of hydrogen-bond acceptors (Lipinski definition) is 6. The fourth-order valence-corrected chi connectivity index (χ4v) is 1.94. The zero-order chi connectivity index (χ0) is 23.9. The first-order valence-electron chi connectivity index (χ1n) is 9.48. The van der Waals surface area contributed by atoms with Gasteiger partial charge in [-0.2, -0.15) is 0 Å². The van der Waals surface area contributed by atoms with Gasteiger partial charge in [0.15, 0.2) is 0 Å². The number of nitrogens with two attached hydrogens (primary N) is 1. The highest BCUT2D eigenvalue weighted by atomic mass is 32.2. The largest absolute Gasteiger partial charge is 0.444 e. The normalized spacial score (nSPS) is 10.9. The quantitative estimate of drug-likeness (QED) is 0.343. The van der Waals surface area contributed by atoms with Gasteiger partial charge < -0.3 is 26.2 Å². The van der Waals surface area contributed by atoms with Crippen LogP contribution in [-0.2, 0) is 9.53 Å². The first-order chi connectivity index (χ1) is 13.6. The second kappa shape index (κ2) is 24.3. The summed E-state index contributed by atoms with van der Waals surface area (Å²) in [7, 11) is 1.00. The maximum atomic E-state index is 11.6. The van der Waals surface area contributed by atoms with Crippen LogP contribution in [0.1, 0.15) is 48.5 Å². The van der Waals surface area contributed by atoms with Gasteiger partial charge in [-0.1, -0.05) is 38.7 Å². The highest BCUT2D eigenvalue weighted by molar-refractivity contribution is 8.03. The molecule has 0 spiro atoms. The van der Waals surface area contributed by atoms with Crippen molar-refractivity contribution >= 4 is 23.8 Å². The molecular formula is C21H43N3O4S. The third-order valence-corrected chi connectivity index (χ3v) is 3.25. The van der Waals surface area contributed by atoms with Crippen LogP contribution in [0.5, 0.6) is 0 Å². The minimum absolute atomic E-state index is 0.102. The molecule has 172 valence electrons. The van der Waals surface area contributed by atoms with Crippen LogP contribution in [0, 0.1) is 0 Å². The van der Waals surface area contributed by atoms with Crippen molar-refractivity contribution in [3.05, 3.63) is 36.3 Å². The summed E-state index contributed by atoms with van der Waals surface area (Å²) in [6.07, 6.45) is 4.75. The van der Waals surface area contributed by atoms with Crippen LogP contribution in [0.4, 0.5) is 4.79 Å². The van der Waals surface area contributed by atoms with Crippen LogP contribution < -0.4 is 16.4 Å². The molecule has 2 amide bonds. The predicted molar refractivity (Wildman–Crippen MR) is 127 cm³/mol. The number of thioether (sulfide) groups is 1. The number of amides is 2. The van der Waals surface area contributed by atoms with Crippen molar-refractivity contribution in [1.29, 1.82) is 0 Å². The Kier molecular flexibility index (Phi) is 29.1. The summed E-state index contributed by atoms with van der Waals surface area (Å²) in [5.74, 6) is 0.220. The zero-order valence-corrected chi connectivity index (χ0v) is 20.3. The van der Waals surface area contributed by atoms with Crippen molar-refractivity contribution in [3.8, 4) is 0 Å². The van der Waals surface area contributed by atoms with E-state index in [-0.39, 0.29) is 18.5 Å². The molecular weight excluding hydrogens is 390 g/mol. The number of aliphatic hydroxyl groups is 1. The van der Waals surface area contributed by atoms with Gasteiger partial charge in [0.25, 0.3) is 0 Å². The van der Waals surface area contributed by atoms with Gasteiger partial charge in [-0.05, 0) is 39.5 Å². The molecule has 0 aliphatic carbocycles. The summed E-state index contributed by atoms with van der Waals surface area (Å²) in [6, 6.07) is -0.369. The van der Waals surface area contributed by atoms with Crippen LogP contribution in [0.2, 0.25) is 0 Å². The third kappa shape index (κ3) is 34.2. The molecule has 1 atom stereocenters. The van der Waals surface area contributed by atoms with E-state index in [0.29, 0.717) is 12.3 Å². The molecule has 0 aromatic heterocycles. The lowest BCUT2D eigenvalue weighted by molar-refractivity contribution is -0.118. The predicted octanol–water partition coefficient (Wildman–Crippen LogP) is 3.60. The molecule has 8 heteroatoms. The maximum absolute atomic E-state index is 11.6. The lowest BCUT2D eigenvalue weighted by Gasteiger charge is -2.20. The van der Waals surface area contributed by atoms with Crippen molar-refractivity contribution in [3.63, 3.8) is 0 Å². The summed E-state index contributed by atoms with van der Waals surface area (Å²) < 4.78 is 5.09. The number of alkyl carbamates (subject to hydrolysis) is 1. The topological polar surface area (TPSA) is 114 Å². The minimum Gasteiger partial charge on any atom is -0.444 e. The van der Waals surface area contributed by atoms with Crippen molar-refractivity contribution in [2.75, 3.05) is 26.0 Å². The molecule has 0 bridgehead atoms. The van der Waals surface area contributed by atoms with E-state index in [1.54, 1.807) is 32.9 Å². The van der Waals surface area contributed by atoms with Crippen LogP contribution in [0.3, 0.4) is 0 Å². The first-order valence-corrected chi connectivity index (χ1v) is 10.5. The Morgan fingerprint density at radius 1 is 1.17 bits per heavy atom. The molecule has 0 aromatic rings. The summed E-state index contributed by atoms with van der Waals surface area (Å²) in [4.78, 5) is 24.1. The number of rotatable bonds is 8. The van der Waals surface area contributed by atoms with Crippen molar-refractivity contribution in [2.24, 2.45) is 5.73 Å². The van der Waals surface area contributed by atoms with Gasteiger partial charge >= 0.3 is 6.09 Å². The number of carbonyl (C=O) groups excluding carboxylic acids is 2. The van der Waals surface area contributed by atoms with E-state index >= 15 is 0 Å². The molecule has 0 radical (unpaired) electrons. The zero-order valence-electron chi connectivity index (χ0n) is 19.5. The lowest BCUT2D eigenvalue weighted by Crippen LogP contribution is -2.46. The maximum Gasteiger partial charge on any atom is 0.407 e. The Morgan fingerprint density at radius 3 is 2.03 bits per heavy atom. The van der Waals surface area contributed by atoms with E-state index in [1.165, 1.54) is 11.8 Å². The van der Waals surface area contributed by atoms with Crippen LogP contribution in [-0.4, -0.2) is 54.7 Å². The van der Waals surface area contributed by atoms with Crippen LogP contribution >= 0.6 is 11.8 Å². The van der Waals surface area contributed by atoms with E-state index < -0.39 is 11.7 Å². The summed E-state index contributed by atoms with van der Waals surface area (Å²) in [5, 5.41) is 12.3. The highest BCUT2D eigenvalue weighted by Crippen LogP contribution is 2.13. The van der Waals surface area contributed by atoms with Gasteiger partial charge in [0.1, 0.15) is 5.60 Å². The number of allylic oxidation sites excluding steroid dienone is 4. The molecule has 0 saturated heterocycles. The van der Waals surface area contributed by atoms with Gasteiger partial charge in [-0.25, -0.2) is 4.79 Å². The molecule has 0 aromatic carbocycles. The van der Waals surface area contributed by atoms with Gasteiger partial charge in [0, 0.05) is 26.2 Å². The number of hydrogen-bond donors (Lipinski definition) is 4. The van der Waals surface area contributed by atoms with E-state index in [9.17, 15) is 9.59 Å². The molecule has 1 unspecified atom stereocenters. The van der Waals surface area contributed by atoms with E-state index in [0.717, 1.165) is 12.0 Å². The van der Waals surface area contributed by atoms with Gasteiger partial charge in [0.2, 0.25) is 5.91 Å². The average molecular weight is 434 g/mol. The number of ether oxygens (including phenoxy) is 1. The van der Waals surface area contributed by atoms with Crippen molar-refractivity contribution in [1.82, 2.24) is 10.6 Å². The number of carbonyl (C=O) groups is 2. The fraction of sp³-hybridized carbons (Fsp3) is 0.619. The molecule has 7 nitrogen and oxygen atoms in total. The molecule has 0 heterocycles.